The quantitative estimate of drug-likeness (QED) is 0.732. The topological polar surface area (TPSA) is 24.5 Å². The molecule has 0 bridgehead atoms. The van der Waals surface area contributed by atoms with Gasteiger partial charge in [-0.05, 0) is 45.0 Å². The number of rotatable bonds is 8. The molecule has 1 aromatic rings. The summed E-state index contributed by atoms with van der Waals surface area (Å²) in [6.07, 6.45) is 6.22. The molecule has 1 aliphatic rings. The summed E-state index contributed by atoms with van der Waals surface area (Å²) in [5.74, 6) is 0.990. The maximum atomic E-state index is 5.91. The molecule has 1 heterocycles. The van der Waals surface area contributed by atoms with E-state index in [0.29, 0.717) is 6.04 Å². The summed E-state index contributed by atoms with van der Waals surface area (Å²) in [6.45, 7) is 5.26. The number of hydrogen-bond donors (Lipinski definition) is 1. The molecule has 1 aliphatic heterocycles. The molecule has 3 heteroatoms. The minimum absolute atomic E-state index is 0.656. The van der Waals surface area contributed by atoms with Crippen LogP contribution in [0.4, 0.5) is 5.69 Å². The second-order valence-corrected chi connectivity index (χ2v) is 5.71. The first kappa shape index (κ1) is 15.2. The minimum Gasteiger partial charge on any atom is -0.491 e. The van der Waals surface area contributed by atoms with Crippen molar-refractivity contribution in [3.8, 4) is 5.75 Å². The number of para-hydroxylation sites is 2. The summed E-state index contributed by atoms with van der Waals surface area (Å²) in [6, 6.07) is 8.95. The first-order valence-electron chi connectivity index (χ1n) is 7.97. The van der Waals surface area contributed by atoms with E-state index in [1.54, 1.807) is 0 Å². The molecule has 0 spiro atoms. The molecular weight excluding hydrogens is 248 g/mol. The molecule has 20 heavy (non-hydrogen) atoms. The van der Waals surface area contributed by atoms with Crippen molar-refractivity contribution in [1.82, 2.24) is 4.90 Å². The molecule has 2 rings (SSSR count). The summed E-state index contributed by atoms with van der Waals surface area (Å²) in [4.78, 5) is 2.44. The van der Waals surface area contributed by atoms with Gasteiger partial charge in [0.2, 0.25) is 0 Å². The summed E-state index contributed by atoms with van der Waals surface area (Å²) in [7, 11) is 2.21. The standard InChI is InChI=1S/C17H28N2O/c1-3-4-7-13-20-17-11-6-5-10-16(17)18-14-15-9-8-12-19(15)2/h5-6,10-11,15,18H,3-4,7-9,12-14H2,1-2H3. The van der Waals surface area contributed by atoms with Crippen molar-refractivity contribution < 1.29 is 4.74 Å². The van der Waals surface area contributed by atoms with Gasteiger partial charge >= 0.3 is 0 Å². The van der Waals surface area contributed by atoms with Gasteiger partial charge in [-0.25, -0.2) is 0 Å². The number of nitrogens with one attached hydrogen (secondary N) is 1. The predicted molar refractivity (Wildman–Crippen MR) is 85.6 cm³/mol. The highest BCUT2D eigenvalue weighted by molar-refractivity contribution is 5.56. The van der Waals surface area contributed by atoms with Crippen molar-refractivity contribution in [3.05, 3.63) is 24.3 Å². The van der Waals surface area contributed by atoms with Gasteiger partial charge in [-0.15, -0.1) is 0 Å². The molecule has 112 valence electrons. The van der Waals surface area contributed by atoms with Gasteiger partial charge in [0.25, 0.3) is 0 Å². The van der Waals surface area contributed by atoms with Crippen LogP contribution in [0.15, 0.2) is 24.3 Å². The smallest absolute Gasteiger partial charge is 0.142 e. The number of ether oxygens (including phenoxy) is 1. The third-order valence-corrected chi connectivity index (χ3v) is 4.09. The third kappa shape index (κ3) is 4.41. The molecule has 1 N–H and O–H groups in total. The highest BCUT2D eigenvalue weighted by Crippen LogP contribution is 2.25. The molecular formula is C17H28N2O. The Labute approximate surface area is 123 Å². The van der Waals surface area contributed by atoms with Gasteiger partial charge in [0.1, 0.15) is 5.75 Å². The highest BCUT2D eigenvalue weighted by atomic mass is 16.5. The lowest BCUT2D eigenvalue weighted by Crippen LogP contribution is -2.31. The predicted octanol–water partition coefficient (Wildman–Crippen LogP) is 3.76. The highest BCUT2D eigenvalue weighted by Gasteiger charge is 2.20. The van der Waals surface area contributed by atoms with Crippen LogP contribution in [0.5, 0.6) is 5.75 Å². The van der Waals surface area contributed by atoms with E-state index in [2.05, 4.69) is 42.4 Å². The summed E-state index contributed by atoms with van der Waals surface area (Å²) >= 11 is 0. The lowest BCUT2D eigenvalue weighted by Gasteiger charge is -2.21. The molecule has 3 nitrogen and oxygen atoms in total. The van der Waals surface area contributed by atoms with Crippen LogP contribution in [0.1, 0.15) is 39.0 Å². The van der Waals surface area contributed by atoms with Crippen LogP contribution in [0, 0.1) is 0 Å². The molecule has 0 saturated carbocycles. The van der Waals surface area contributed by atoms with Gasteiger partial charge in [-0.2, -0.15) is 0 Å². The second kappa shape index (κ2) is 8.15. The minimum atomic E-state index is 0.656. The van der Waals surface area contributed by atoms with E-state index in [1.165, 1.54) is 32.2 Å². The van der Waals surface area contributed by atoms with Gasteiger partial charge in [-0.3, -0.25) is 0 Å². The lowest BCUT2D eigenvalue weighted by atomic mass is 10.2. The molecule has 0 radical (unpaired) electrons. The van der Waals surface area contributed by atoms with Crippen molar-refractivity contribution in [2.45, 2.75) is 45.1 Å². The fraction of sp³-hybridized carbons (Fsp3) is 0.647. The Hall–Kier alpha value is -1.22. The Morgan fingerprint density at radius 3 is 2.90 bits per heavy atom. The number of anilines is 1. The van der Waals surface area contributed by atoms with E-state index in [1.807, 2.05) is 6.07 Å². The van der Waals surface area contributed by atoms with E-state index in [4.69, 9.17) is 4.74 Å². The summed E-state index contributed by atoms with van der Waals surface area (Å²) < 4.78 is 5.91. The van der Waals surface area contributed by atoms with E-state index < -0.39 is 0 Å². The molecule has 0 amide bonds. The molecule has 0 aliphatic carbocycles. The Morgan fingerprint density at radius 2 is 2.15 bits per heavy atom. The van der Waals surface area contributed by atoms with Crippen molar-refractivity contribution >= 4 is 5.69 Å². The molecule has 1 unspecified atom stereocenters. The first-order valence-corrected chi connectivity index (χ1v) is 7.97. The number of likely N-dealkylation sites (N-methyl/N-ethyl adjacent to an activating group) is 1. The zero-order chi connectivity index (χ0) is 14.2. The van der Waals surface area contributed by atoms with Crippen molar-refractivity contribution in [2.75, 3.05) is 32.1 Å². The Balaban J connectivity index is 1.83. The van der Waals surface area contributed by atoms with Gasteiger partial charge in [0.05, 0.1) is 12.3 Å². The van der Waals surface area contributed by atoms with Crippen molar-refractivity contribution in [3.63, 3.8) is 0 Å². The normalized spacial score (nSPS) is 19.2. The number of likely N-dealkylation sites (tertiary alicyclic amines) is 1. The number of hydrogen-bond acceptors (Lipinski definition) is 3. The van der Waals surface area contributed by atoms with Gasteiger partial charge < -0.3 is 15.0 Å². The molecule has 1 fully saturated rings. The zero-order valence-electron chi connectivity index (χ0n) is 12.9. The Bertz CT molecular complexity index is 394. The second-order valence-electron chi connectivity index (χ2n) is 5.71. The Morgan fingerprint density at radius 1 is 1.30 bits per heavy atom. The summed E-state index contributed by atoms with van der Waals surface area (Å²) in [5, 5.41) is 3.56. The third-order valence-electron chi connectivity index (χ3n) is 4.09. The van der Waals surface area contributed by atoms with E-state index in [-0.39, 0.29) is 0 Å². The van der Waals surface area contributed by atoms with Crippen LogP contribution in [0.25, 0.3) is 0 Å². The van der Waals surface area contributed by atoms with Gasteiger partial charge in [0.15, 0.2) is 0 Å². The van der Waals surface area contributed by atoms with Crippen LogP contribution in [-0.4, -0.2) is 37.7 Å². The fourth-order valence-corrected chi connectivity index (χ4v) is 2.74. The van der Waals surface area contributed by atoms with E-state index in [0.717, 1.165) is 31.0 Å². The van der Waals surface area contributed by atoms with Crippen LogP contribution >= 0.6 is 0 Å². The average molecular weight is 276 g/mol. The summed E-state index contributed by atoms with van der Waals surface area (Å²) in [5.41, 5.74) is 1.13. The molecule has 1 atom stereocenters. The maximum absolute atomic E-state index is 5.91. The zero-order valence-corrected chi connectivity index (χ0v) is 12.9. The van der Waals surface area contributed by atoms with Crippen molar-refractivity contribution in [2.24, 2.45) is 0 Å². The van der Waals surface area contributed by atoms with Gasteiger partial charge in [-0.1, -0.05) is 31.9 Å². The number of nitrogens with zero attached hydrogens (tertiary/aromatic N) is 1. The van der Waals surface area contributed by atoms with Crippen LogP contribution in [-0.2, 0) is 0 Å². The van der Waals surface area contributed by atoms with E-state index >= 15 is 0 Å². The monoisotopic (exact) mass is 276 g/mol. The largest absolute Gasteiger partial charge is 0.491 e. The number of benzene rings is 1. The lowest BCUT2D eigenvalue weighted by molar-refractivity contribution is 0.306. The average Bonchev–Trinajstić information content (AvgIpc) is 2.88. The fourth-order valence-electron chi connectivity index (χ4n) is 2.74. The molecule has 1 saturated heterocycles. The van der Waals surface area contributed by atoms with Crippen molar-refractivity contribution in [1.29, 1.82) is 0 Å². The molecule has 0 aromatic heterocycles. The molecule has 1 aromatic carbocycles. The maximum Gasteiger partial charge on any atom is 0.142 e. The first-order chi connectivity index (χ1) is 9.81. The van der Waals surface area contributed by atoms with Crippen LogP contribution < -0.4 is 10.1 Å². The Kier molecular flexibility index (Phi) is 6.19. The number of unbranched alkanes of at least 4 members (excludes halogenated alkanes) is 2. The SMILES string of the molecule is CCCCCOc1ccccc1NCC1CCCN1C. The van der Waals surface area contributed by atoms with E-state index in [9.17, 15) is 0 Å². The van der Waals surface area contributed by atoms with Gasteiger partial charge in [0, 0.05) is 12.6 Å². The van der Waals surface area contributed by atoms with Crippen LogP contribution in [0.3, 0.4) is 0 Å². The van der Waals surface area contributed by atoms with Crippen LogP contribution in [0.2, 0.25) is 0 Å².